The van der Waals surface area contributed by atoms with Crippen LogP contribution in [0.1, 0.15) is 97.8 Å². The summed E-state index contributed by atoms with van der Waals surface area (Å²) in [7, 11) is 0. The molecule has 1 atom stereocenters. The summed E-state index contributed by atoms with van der Waals surface area (Å²) < 4.78 is 5.42. The monoisotopic (exact) mass is 270 g/mol. The van der Waals surface area contributed by atoms with Gasteiger partial charge < -0.3 is 4.74 Å². The zero-order chi connectivity index (χ0) is 14.3. The number of carbonyl (C=O) groups is 1. The minimum absolute atomic E-state index is 0.00226. The van der Waals surface area contributed by atoms with Gasteiger partial charge >= 0.3 is 5.97 Å². The molecule has 0 aromatic carbocycles. The number of unbranched alkanes of at least 4 members (excludes halogenated alkanes) is 8. The van der Waals surface area contributed by atoms with Crippen LogP contribution in [0.5, 0.6) is 0 Å². The number of rotatable bonds is 13. The predicted molar refractivity (Wildman–Crippen MR) is 82.3 cm³/mol. The largest absolute Gasteiger partial charge is 0.463 e. The van der Waals surface area contributed by atoms with Crippen LogP contribution >= 0.6 is 0 Å². The first kappa shape index (κ1) is 18.5. The molecule has 0 aromatic rings. The van der Waals surface area contributed by atoms with Crippen molar-refractivity contribution in [1.82, 2.24) is 0 Å². The number of ether oxygens (including phenoxy) is 1. The smallest absolute Gasteiger partial charge is 0.306 e. The topological polar surface area (TPSA) is 26.3 Å². The van der Waals surface area contributed by atoms with Gasteiger partial charge in [-0.3, -0.25) is 4.79 Å². The molecule has 0 heterocycles. The quantitative estimate of drug-likeness (QED) is 0.320. The summed E-state index contributed by atoms with van der Waals surface area (Å²) >= 11 is 0. The summed E-state index contributed by atoms with van der Waals surface area (Å²) in [6.07, 6.45) is 14.0. The lowest BCUT2D eigenvalue weighted by molar-refractivity contribution is -0.148. The van der Waals surface area contributed by atoms with Gasteiger partial charge in [-0.25, -0.2) is 0 Å². The zero-order valence-electron chi connectivity index (χ0n) is 13.4. The van der Waals surface area contributed by atoms with E-state index in [1.54, 1.807) is 0 Å². The Kier molecular flexibility index (Phi) is 13.5. The molecule has 0 amide bonds. The predicted octanol–water partition coefficient (Wildman–Crippen LogP) is 5.64. The lowest BCUT2D eigenvalue weighted by Gasteiger charge is -2.13. The third kappa shape index (κ3) is 13.7. The Morgan fingerprint density at radius 1 is 0.842 bits per heavy atom. The average molecular weight is 270 g/mol. The highest BCUT2D eigenvalue weighted by atomic mass is 16.5. The van der Waals surface area contributed by atoms with E-state index in [1.165, 1.54) is 51.4 Å². The molecule has 0 bridgehead atoms. The van der Waals surface area contributed by atoms with Crippen LogP contribution in [0.25, 0.3) is 0 Å². The Hall–Kier alpha value is -0.530. The van der Waals surface area contributed by atoms with Gasteiger partial charge in [0.1, 0.15) is 0 Å². The SMILES string of the molecule is CCCCCCCC(=O)OC(C)CCCCCCC. The van der Waals surface area contributed by atoms with Gasteiger partial charge in [0.25, 0.3) is 0 Å². The third-order valence-corrected chi connectivity index (χ3v) is 3.53. The molecule has 0 spiro atoms. The maximum absolute atomic E-state index is 11.6. The fourth-order valence-electron chi connectivity index (χ4n) is 2.25. The van der Waals surface area contributed by atoms with Gasteiger partial charge in [-0.1, -0.05) is 65.2 Å². The highest BCUT2D eigenvalue weighted by Crippen LogP contribution is 2.11. The van der Waals surface area contributed by atoms with Crippen LogP contribution in [0.15, 0.2) is 0 Å². The third-order valence-electron chi connectivity index (χ3n) is 3.53. The Bertz CT molecular complexity index is 201. The van der Waals surface area contributed by atoms with Crippen molar-refractivity contribution in [2.45, 2.75) is 104 Å². The Balaban J connectivity index is 3.37. The van der Waals surface area contributed by atoms with Crippen LogP contribution in [0.2, 0.25) is 0 Å². The maximum Gasteiger partial charge on any atom is 0.306 e. The first-order valence-corrected chi connectivity index (χ1v) is 8.40. The highest BCUT2D eigenvalue weighted by Gasteiger charge is 2.08. The second kappa shape index (κ2) is 13.9. The summed E-state index contributed by atoms with van der Waals surface area (Å²) in [5.74, 6) is -0.00226. The number of hydrogen-bond acceptors (Lipinski definition) is 2. The van der Waals surface area contributed by atoms with Crippen LogP contribution in [0, 0.1) is 0 Å². The van der Waals surface area contributed by atoms with E-state index in [-0.39, 0.29) is 12.1 Å². The standard InChI is InChI=1S/C17H34O2/c1-4-6-8-10-12-14-16(3)19-17(18)15-13-11-9-7-5-2/h16H,4-15H2,1-3H3. The van der Waals surface area contributed by atoms with Gasteiger partial charge in [-0.15, -0.1) is 0 Å². The van der Waals surface area contributed by atoms with Crippen LogP contribution in [0.4, 0.5) is 0 Å². The van der Waals surface area contributed by atoms with Crippen molar-refractivity contribution in [2.24, 2.45) is 0 Å². The molecule has 0 aliphatic heterocycles. The molecule has 0 aliphatic carbocycles. The molecule has 0 aromatic heterocycles. The van der Waals surface area contributed by atoms with Crippen molar-refractivity contribution < 1.29 is 9.53 Å². The van der Waals surface area contributed by atoms with Crippen LogP contribution in [-0.4, -0.2) is 12.1 Å². The number of carbonyl (C=O) groups excluding carboxylic acids is 1. The first-order chi connectivity index (χ1) is 9.20. The van der Waals surface area contributed by atoms with Gasteiger partial charge in [-0.2, -0.15) is 0 Å². The first-order valence-electron chi connectivity index (χ1n) is 8.40. The van der Waals surface area contributed by atoms with E-state index < -0.39 is 0 Å². The molecule has 19 heavy (non-hydrogen) atoms. The van der Waals surface area contributed by atoms with Crippen molar-refractivity contribution in [3.05, 3.63) is 0 Å². The van der Waals surface area contributed by atoms with E-state index in [1.807, 2.05) is 6.92 Å². The van der Waals surface area contributed by atoms with E-state index in [9.17, 15) is 4.79 Å². The minimum atomic E-state index is -0.00226. The van der Waals surface area contributed by atoms with Crippen molar-refractivity contribution in [2.75, 3.05) is 0 Å². The number of esters is 1. The molecule has 0 rings (SSSR count). The summed E-state index contributed by atoms with van der Waals surface area (Å²) in [5, 5.41) is 0. The van der Waals surface area contributed by atoms with Crippen LogP contribution in [-0.2, 0) is 9.53 Å². The molecule has 1 unspecified atom stereocenters. The Morgan fingerprint density at radius 3 is 1.95 bits per heavy atom. The van der Waals surface area contributed by atoms with E-state index in [0.29, 0.717) is 6.42 Å². The minimum Gasteiger partial charge on any atom is -0.463 e. The number of hydrogen-bond donors (Lipinski definition) is 0. The molecule has 0 radical (unpaired) electrons. The summed E-state index contributed by atoms with van der Waals surface area (Å²) in [6, 6.07) is 0. The van der Waals surface area contributed by atoms with Gasteiger partial charge in [0.05, 0.1) is 6.10 Å². The molecule has 0 saturated heterocycles. The molecule has 0 aliphatic rings. The van der Waals surface area contributed by atoms with E-state index in [4.69, 9.17) is 4.74 Å². The highest BCUT2D eigenvalue weighted by molar-refractivity contribution is 5.69. The zero-order valence-corrected chi connectivity index (χ0v) is 13.4. The Morgan fingerprint density at radius 2 is 1.37 bits per heavy atom. The van der Waals surface area contributed by atoms with Crippen molar-refractivity contribution in [1.29, 1.82) is 0 Å². The van der Waals surface area contributed by atoms with Crippen LogP contribution in [0.3, 0.4) is 0 Å². The summed E-state index contributed by atoms with van der Waals surface area (Å²) in [5.41, 5.74) is 0. The molecule has 2 heteroatoms. The van der Waals surface area contributed by atoms with Gasteiger partial charge in [0, 0.05) is 6.42 Å². The lowest BCUT2D eigenvalue weighted by Crippen LogP contribution is -2.14. The van der Waals surface area contributed by atoms with Gasteiger partial charge in [0.2, 0.25) is 0 Å². The van der Waals surface area contributed by atoms with Gasteiger partial charge in [0.15, 0.2) is 0 Å². The maximum atomic E-state index is 11.6. The molecular weight excluding hydrogens is 236 g/mol. The van der Waals surface area contributed by atoms with E-state index >= 15 is 0 Å². The molecule has 114 valence electrons. The second-order valence-electron chi connectivity index (χ2n) is 5.67. The molecule has 0 N–H and O–H groups in total. The normalized spacial score (nSPS) is 12.4. The van der Waals surface area contributed by atoms with E-state index in [0.717, 1.165) is 19.3 Å². The Labute approximate surface area is 120 Å². The van der Waals surface area contributed by atoms with Crippen molar-refractivity contribution in [3.63, 3.8) is 0 Å². The van der Waals surface area contributed by atoms with Crippen molar-refractivity contribution >= 4 is 5.97 Å². The van der Waals surface area contributed by atoms with Gasteiger partial charge in [-0.05, 0) is 26.2 Å². The van der Waals surface area contributed by atoms with Crippen LogP contribution < -0.4 is 0 Å². The molecule has 0 fully saturated rings. The average Bonchev–Trinajstić information content (AvgIpc) is 2.38. The summed E-state index contributed by atoms with van der Waals surface area (Å²) in [4.78, 5) is 11.6. The van der Waals surface area contributed by atoms with E-state index in [2.05, 4.69) is 13.8 Å². The fourth-order valence-corrected chi connectivity index (χ4v) is 2.25. The second-order valence-corrected chi connectivity index (χ2v) is 5.67. The summed E-state index contributed by atoms with van der Waals surface area (Å²) in [6.45, 7) is 6.45. The molecular formula is C17H34O2. The molecule has 0 saturated carbocycles. The van der Waals surface area contributed by atoms with Crippen molar-refractivity contribution in [3.8, 4) is 0 Å². The lowest BCUT2D eigenvalue weighted by atomic mass is 10.1. The molecule has 2 nitrogen and oxygen atoms in total. The fraction of sp³-hybridized carbons (Fsp3) is 0.941.